The zero-order valence-electron chi connectivity index (χ0n) is 17.8. The number of anilines is 1. The van der Waals surface area contributed by atoms with Crippen LogP contribution in [0.5, 0.6) is 17.2 Å². The fraction of sp³-hybridized carbons (Fsp3) is 0.167. The lowest BCUT2D eigenvalue weighted by molar-refractivity contribution is -0.125. The smallest absolute Gasteiger partial charge is 0.343 e. The Labute approximate surface area is 184 Å². The van der Waals surface area contributed by atoms with Gasteiger partial charge in [-0.15, -0.1) is 0 Å². The van der Waals surface area contributed by atoms with Gasteiger partial charge in [-0.05, 0) is 24.3 Å². The Morgan fingerprint density at radius 1 is 0.812 bits per heavy atom. The maximum absolute atomic E-state index is 13.2. The maximum Gasteiger partial charge on any atom is 0.343 e. The number of halogens is 1. The summed E-state index contributed by atoms with van der Waals surface area (Å²) in [5, 5.41) is 2.64. The summed E-state index contributed by atoms with van der Waals surface area (Å²) in [5.41, 5.74) is 0.873. The minimum atomic E-state index is -1.27. The number of ether oxygens (including phenoxy) is 4. The molecule has 0 saturated heterocycles. The number of amides is 1. The first-order chi connectivity index (χ1) is 15.5. The van der Waals surface area contributed by atoms with E-state index in [0.717, 1.165) is 0 Å². The quantitative estimate of drug-likeness (QED) is 0.524. The van der Waals surface area contributed by atoms with Crippen LogP contribution in [0, 0.1) is 5.82 Å². The molecular formula is C24H22FNO6. The molecule has 0 aromatic heterocycles. The van der Waals surface area contributed by atoms with Gasteiger partial charge in [0.1, 0.15) is 17.1 Å². The summed E-state index contributed by atoms with van der Waals surface area (Å²) in [7, 11) is 4.29. The predicted molar refractivity (Wildman–Crippen MR) is 116 cm³/mol. The van der Waals surface area contributed by atoms with Crippen molar-refractivity contribution in [3.8, 4) is 17.2 Å². The first-order valence-electron chi connectivity index (χ1n) is 9.59. The van der Waals surface area contributed by atoms with Crippen LogP contribution in [0.2, 0.25) is 0 Å². The van der Waals surface area contributed by atoms with Gasteiger partial charge < -0.3 is 24.3 Å². The molecule has 1 atom stereocenters. The molecule has 0 radical (unpaired) electrons. The second kappa shape index (κ2) is 10.3. The molecule has 0 bridgehead atoms. The topological polar surface area (TPSA) is 83.1 Å². The Balaban J connectivity index is 1.92. The maximum atomic E-state index is 13.2. The Kier molecular flexibility index (Phi) is 7.28. The number of hydrogen-bond acceptors (Lipinski definition) is 6. The lowest BCUT2D eigenvalue weighted by Gasteiger charge is -2.19. The molecule has 8 heteroatoms. The number of carbonyl (C=O) groups is 2. The van der Waals surface area contributed by atoms with E-state index in [1.54, 1.807) is 30.3 Å². The molecule has 0 heterocycles. The molecule has 3 aromatic carbocycles. The van der Waals surface area contributed by atoms with Gasteiger partial charge in [-0.1, -0.05) is 30.3 Å². The monoisotopic (exact) mass is 439 g/mol. The van der Waals surface area contributed by atoms with Gasteiger partial charge in [0.2, 0.25) is 6.10 Å². The van der Waals surface area contributed by atoms with Crippen LogP contribution >= 0.6 is 0 Å². The van der Waals surface area contributed by atoms with E-state index < -0.39 is 23.8 Å². The van der Waals surface area contributed by atoms with Crippen molar-refractivity contribution in [2.75, 3.05) is 26.6 Å². The summed E-state index contributed by atoms with van der Waals surface area (Å²) in [6.45, 7) is 0. The molecule has 0 saturated carbocycles. The highest BCUT2D eigenvalue weighted by atomic mass is 19.1. The van der Waals surface area contributed by atoms with Crippen LogP contribution in [0.3, 0.4) is 0 Å². The fourth-order valence-corrected chi connectivity index (χ4v) is 3.00. The van der Waals surface area contributed by atoms with Gasteiger partial charge in [-0.25, -0.2) is 9.18 Å². The van der Waals surface area contributed by atoms with E-state index in [9.17, 15) is 14.0 Å². The highest BCUT2D eigenvalue weighted by molar-refractivity contribution is 5.99. The number of hydrogen-bond donors (Lipinski definition) is 1. The second-order valence-electron chi connectivity index (χ2n) is 6.60. The third-order valence-corrected chi connectivity index (χ3v) is 4.60. The van der Waals surface area contributed by atoms with E-state index in [-0.39, 0.29) is 11.3 Å². The second-order valence-corrected chi connectivity index (χ2v) is 6.60. The van der Waals surface area contributed by atoms with Crippen LogP contribution in [0.25, 0.3) is 0 Å². The van der Waals surface area contributed by atoms with Crippen molar-refractivity contribution in [2.45, 2.75) is 6.10 Å². The lowest BCUT2D eigenvalue weighted by atomic mass is 10.1. The highest BCUT2D eigenvalue weighted by Crippen LogP contribution is 2.35. The molecule has 7 nitrogen and oxygen atoms in total. The van der Waals surface area contributed by atoms with Gasteiger partial charge in [-0.2, -0.15) is 0 Å². The van der Waals surface area contributed by atoms with Gasteiger partial charge in [0, 0.05) is 23.4 Å². The average molecular weight is 439 g/mol. The van der Waals surface area contributed by atoms with Crippen LogP contribution in [0.4, 0.5) is 10.1 Å². The fourth-order valence-electron chi connectivity index (χ4n) is 3.00. The normalized spacial score (nSPS) is 11.2. The van der Waals surface area contributed by atoms with Crippen LogP contribution in [-0.2, 0) is 9.53 Å². The molecule has 0 aliphatic rings. The van der Waals surface area contributed by atoms with E-state index >= 15 is 0 Å². The van der Waals surface area contributed by atoms with Gasteiger partial charge in [-0.3, -0.25) is 4.79 Å². The molecule has 166 valence electrons. The van der Waals surface area contributed by atoms with Gasteiger partial charge in [0.25, 0.3) is 5.91 Å². The third kappa shape index (κ3) is 5.15. The number of nitrogens with one attached hydrogen (secondary N) is 1. The summed E-state index contributed by atoms with van der Waals surface area (Å²) in [5.74, 6) is -0.976. The minimum Gasteiger partial charge on any atom is -0.496 e. The van der Waals surface area contributed by atoms with Gasteiger partial charge in [0.15, 0.2) is 11.5 Å². The van der Waals surface area contributed by atoms with Crippen molar-refractivity contribution in [3.05, 3.63) is 83.7 Å². The Bertz CT molecular complexity index is 1090. The summed E-state index contributed by atoms with van der Waals surface area (Å²) in [6, 6.07) is 16.7. The highest BCUT2D eigenvalue weighted by Gasteiger charge is 2.28. The molecule has 0 aliphatic carbocycles. The van der Waals surface area contributed by atoms with Crippen molar-refractivity contribution >= 4 is 17.6 Å². The van der Waals surface area contributed by atoms with Gasteiger partial charge in [0.05, 0.1) is 21.3 Å². The first kappa shape index (κ1) is 22.6. The zero-order valence-corrected chi connectivity index (χ0v) is 17.8. The average Bonchev–Trinajstić information content (AvgIpc) is 2.83. The summed E-state index contributed by atoms with van der Waals surface area (Å²) >= 11 is 0. The van der Waals surface area contributed by atoms with Gasteiger partial charge >= 0.3 is 5.97 Å². The molecule has 3 rings (SSSR count). The van der Waals surface area contributed by atoms with Crippen LogP contribution < -0.4 is 19.5 Å². The largest absolute Gasteiger partial charge is 0.496 e. The van der Waals surface area contributed by atoms with Crippen LogP contribution in [0.1, 0.15) is 22.0 Å². The number of esters is 1. The molecule has 0 fully saturated rings. The molecule has 0 unspecified atom stereocenters. The molecule has 1 N–H and O–H groups in total. The van der Waals surface area contributed by atoms with Crippen molar-refractivity contribution < 1.29 is 32.9 Å². The van der Waals surface area contributed by atoms with Crippen molar-refractivity contribution in [1.29, 1.82) is 0 Å². The lowest BCUT2D eigenvalue weighted by Crippen LogP contribution is -2.26. The van der Waals surface area contributed by atoms with Crippen molar-refractivity contribution in [2.24, 2.45) is 0 Å². The Hall–Kier alpha value is -4.07. The summed E-state index contributed by atoms with van der Waals surface area (Å²) in [4.78, 5) is 26.0. The zero-order chi connectivity index (χ0) is 23.1. The minimum absolute atomic E-state index is 0.0562. The van der Waals surface area contributed by atoms with Crippen LogP contribution in [-0.4, -0.2) is 33.2 Å². The third-order valence-electron chi connectivity index (χ3n) is 4.60. The van der Waals surface area contributed by atoms with E-state index in [1.165, 1.54) is 57.7 Å². The molecule has 3 aromatic rings. The Morgan fingerprint density at radius 2 is 1.41 bits per heavy atom. The number of methoxy groups -OCH3 is 3. The number of benzene rings is 3. The number of rotatable bonds is 8. The Morgan fingerprint density at radius 3 is 2.00 bits per heavy atom. The molecule has 0 aliphatic heterocycles. The predicted octanol–water partition coefficient (Wildman–Crippen LogP) is 4.39. The van der Waals surface area contributed by atoms with E-state index in [1.807, 2.05) is 0 Å². The van der Waals surface area contributed by atoms with E-state index in [0.29, 0.717) is 22.7 Å². The standard InChI is InChI=1S/C24H22FNO6/c1-29-19-14-21(31-3)20(30-2)13-18(19)24(28)32-22(15-7-5-4-6-8-15)23(27)26-17-11-9-16(25)10-12-17/h4-14,22H,1-3H3,(H,26,27)/t22-/m0/s1. The molecule has 32 heavy (non-hydrogen) atoms. The van der Waals surface area contributed by atoms with Crippen molar-refractivity contribution in [3.63, 3.8) is 0 Å². The molecule has 0 spiro atoms. The van der Waals surface area contributed by atoms with E-state index in [2.05, 4.69) is 5.32 Å². The number of carbonyl (C=O) groups excluding carboxylic acids is 2. The molecular weight excluding hydrogens is 417 g/mol. The first-order valence-corrected chi connectivity index (χ1v) is 9.59. The SMILES string of the molecule is COc1cc(OC)c(C(=O)O[C@H](C(=O)Nc2ccc(F)cc2)c2ccccc2)cc1OC. The van der Waals surface area contributed by atoms with Crippen LogP contribution in [0.15, 0.2) is 66.7 Å². The van der Waals surface area contributed by atoms with E-state index in [4.69, 9.17) is 18.9 Å². The summed E-state index contributed by atoms with van der Waals surface area (Å²) in [6.07, 6.45) is -1.27. The van der Waals surface area contributed by atoms with Crippen molar-refractivity contribution in [1.82, 2.24) is 0 Å². The molecule has 1 amide bonds. The summed E-state index contributed by atoms with van der Waals surface area (Å²) < 4.78 is 34.5.